The van der Waals surface area contributed by atoms with Crippen LogP contribution in [-0.4, -0.2) is 30.1 Å². The van der Waals surface area contributed by atoms with Gasteiger partial charge in [-0.3, -0.25) is 10.1 Å². The number of carbonyl (C=O) groups is 1. The van der Waals surface area contributed by atoms with Gasteiger partial charge in [-0.25, -0.2) is 4.79 Å². The van der Waals surface area contributed by atoms with Gasteiger partial charge in [0.05, 0.1) is 11.5 Å². The van der Waals surface area contributed by atoms with E-state index in [-0.39, 0.29) is 23.8 Å². The number of carbonyl (C=O) groups excluding carboxylic acids is 1. The second-order valence-electron chi connectivity index (χ2n) is 4.65. The average molecular weight is 289 g/mol. The number of esters is 1. The van der Waals surface area contributed by atoms with Gasteiger partial charge < -0.3 is 9.64 Å². The van der Waals surface area contributed by atoms with Crippen molar-refractivity contribution in [2.45, 2.75) is 25.8 Å². The number of nitro benzene ring substituents is 1. The maximum absolute atomic E-state index is 12.0. The van der Waals surface area contributed by atoms with E-state index in [2.05, 4.69) is 0 Å². The molecule has 1 aliphatic rings. The molecular weight excluding hydrogens is 274 g/mol. The summed E-state index contributed by atoms with van der Waals surface area (Å²) in [6.45, 7) is 2.51. The zero-order valence-corrected chi connectivity index (χ0v) is 11.6. The molecule has 1 heterocycles. The van der Waals surface area contributed by atoms with E-state index in [0.29, 0.717) is 18.7 Å². The first-order valence-electron chi connectivity index (χ1n) is 6.71. The fraction of sp³-hybridized carbons (Fsp3) is 0.429. The SMILES string of the molecule is CCOC(=O)C1CCCN1c1cccc(C#N)c1[N+](=O)[O-]. The van der Waals surface area contributed by atoms with Crippen molar-refractivity contribution in [2.75, 3.05) is 18.1 Å². The van der Waals surface area contributed by atoms with E-state index >= 15 is 0 Å². The Morgan fingerprint density at radius 2 is 2.38 bits per heavy atom. The van der Waals surface area contributed by atoms with Gasteiger partial charge in [0.1, 0.15) is 23.4 Å². The summed E-state index contributed by atoms with van der Waals surface area (Å²) in [5, 5.41) is 20.3. The number of ether oxygens (including phenoxy) is 1. The highest BCUT2D eigenvalue weighted by molar-refractivity contribution is 5.83. The third kappa shape index (κ3) is 2.79. The van der Waals surface area contributed by atoms with Crippen LogP contribution in [-0.2, 0) is 9.53 Å². The van der Waals surface area contributed by atoms with Gasteiger partial charge in [0, 0.05) is 6.54 Å². The minimum atomic E-state index is -0.575. The summed E-state index contributed by atoms with van der Waals surface area (Å²) in [7, 11) is 0. The molecule has 7 heteroatoms. The Morgan fingerprint density at radius 1 is 1.62 bits per heavy atom. The highest BCUT2D eigenvalue weighted by Crippen LogP contribution is 2.36. The number of benzene rings is 1. The maximum atomic E-state index is 12.0. The molecule has 0 saturated carbocycles. The van der Waals surface area contributed by atoms with E-state index in [1.807, 2.05) is 6.07 Å². The van der Waals surface area contributed by atoms with Crippen LogP contribution < -0.4 is 4.90 Å². The topological polar surface area (TPSA) is 96.5 Å². The lowest BCUT2D eigenvalue weighted by molar-refractivity contribution is -0.384. The predicted octanol–water partition coefficient (Wildman–Crippen LogP) is 2.00. The van der Waals surface area contributed by atoms with E-state index in [1.165, 1.54) is 6.07 Å². The van der Waals surface area contributed by atoms with Gasteiger partial charge in [0.2, 0.25) is 0 Å². The average Bonchev–Trinajstić information content (AvgIpc) is 2.95. The molecule has 2 rings (SSSR count). The zero-order chi connectivity index (χ0) is 15.4. The van der Waals surface area contributed by atoms with Gasteiger partial charge in [0.15, 0.2) is 0 Å². The lowest BCUT2D eigenvalue weighted by Gasteiger charge is -2.24. The summed E-state index contributed by atoms with van der Waals surface area (Å²) in [4.78, 5) is 24.3. The fourth-order valence-electron chi connectivity index (χ4n) is 2.58. The predicted molar refractivity (Wildman–Crippen MR) is 74.8 cm³/mol. The van der Waals surface area contributed by atoms with Crippen LogP contribution in [0.4, 0.5) is 11.4 Å². The molecule has 7 nitrogen and oxygen atoms in total. The second kappa shape index (κ2) is 6.22. The first-order valence-corrected chi connectivity index (χ1v) is 6.71. The van der Waals surface area contributed by atoms with Crippen LogP contribution in [0, 0.1) is 21.4 Å². The van der Waals surface area contributed by atoms with Crippen molar-refractivity contribution >= 4 is 17.3 Å². The third-order valence-corrected chi connectivity index (χ3v) is 3.44. The van der Waals surface area contributed by atoms with Crippen LogP contribution in [0.5, 0.6) is 0 Å². The molecule has 0 amide bonds. The smallest absolute Gasteiger partial charge is 0.328 e. The number of hydrogen-bond acceptors (Lipinski definition) is 6. The zero-order valence-electron chi connectivity index (χ0n) is 11.6. The quantitative estimate of drug-likeness (QED) is 0.478. The van der Waals surface area contributed by atoms with E-state index < -0.39 is 11.0 Å². The van der Waals surface area contributed by atoms with Gasteiger partial charge >= 0.3 is 11.7 Å². The second-order valence-corrected chi connectivity index (χ2v) is 4.65. The molecule has 0 N–H and O–H groups in total. The lowest BCUT2D eigenvalue weighted by atomic mass is 10.1. The summed E-state index contributed by atoms with van der Waals surface area (Å²) < 4.78 is 5.02. The van der Waals surface area contributed by atoms with Crippen molar-refractivity contribution in [2.24, 2.45) is 0 Å². The fourth-order valence-corrected chi connectivity index (χ4v) is 2.58. The van der Waals surface area contributed by atoms with Crippen molar-refractivity contribution in [3.05, 3.63) is 33.9 Å². The first kappa shape index (κ1) is 14.8. The van der Waals surface area contributed by atoms with Gasteiger partial charge in [0.25, 0.3) is 0 Å². The Hall–Kier alpha value is -2.62. The highest BCUT2D eigenvalue weighted by atomic mass is 16.6. The number of rotatable bonds is 4. The van der Waals surface area contributed by atoms with Gasteiger partial charge in [-0.05, 0) is 31.9 Å². The Balaban J connectivity index is 2.44. The molecule has 1 aromatic carbocycles. The molecule has 1 unspecified atom stereocenters. The van der Waals surface area contributed by atoms with Crippen molar-refractivity contribution < 1.29 is 14.5 Å². The molecule has 0 aromatic heterocycles. The number of nitrogens with zero attached hydrogens (tertiary/aromatic N) is 3. The van der Waals surface area contributed by atoms with Crippen molar-refractivity contribution in [1.82, 2.24) is 0 Å². The molecule has 1 aliphatic heterocycles. The summed E-state index contributed by atoms with van der Waals surface area (Å²) in [6.07, 6.45) is 1.34. The van der Waals surface area contributed by atoms with Crippen LogP contribution in [0.2, 0.25) is 0 Å². The van der Waals surface area contributed by atoms with Gasteiger partial charge in [-0.2, -0.15) is 5.26 Å². The Bertz CT molecular complexity index is 609. The normalized spacial score (nSPS) is 17.3. The number of nitriles is 1. The molecule has 21 heavy (non-hydrogen) atoms. The molecule has 1 atom stereocenters. The van der Waals surface area contributed by atoms with Crippen LogP contribution in [0.1, 0.15) is 25.3 Å². The van der Waals surface area contributed by atoms with Gasteiger partial charge in [-0.1, -0.05) is 6.07 Å². The van der Waals surface area contributed by atoms with E-state index in [1.54, 1.807) is 24.0 Å². The van der Waals surface area contributed by atoms with Crippen molar-refractivity contribution in [3.8, 4) is 6.07 Å². The molecule has 0 spiro atoms. The van der Waals surface area contributed by atoms with Crippen LogP contribution in [0.3, 0.4) is 0 Å². The van der Waals surface area contributed by atoms with E-state index in [4.69, 9.17) is 10.00 Å². The standard InChI is InChI=1S/C14H15N3O4/c1-2-21-14(18)12-7-4-8-16(12)11-6-3-5-10(9-15)13(11)17(19)20/h3,5-6,12H,2,4,7-8H2,1H3. The number of para-hydroxylation sites is 1. The summed E-state index contributed by atoms with van der Waals surface area (Å²) in [6, 6.07) is 5.85. The molecule has 0 bridgehead atoms. The van der Waals surface area contributed by atoms with E-state index in [0.717, 1.165) is 6.42 Å². The van der Waals surface area contributed by atoms with Crippen molar-refractivity contribution in [3.63, 3.8) is 0 Å². The summed E-state index contributed by atoms with van der Waals surface area (Å²) in [5.74, 6) is -0.383. The maximum Gasteiger partial charge on any atom is 0.328 e. The van der Waals surface area contributed by atoms with E-state index in [9.17, 15) is 14.9 Å². The Labute approximate surface area is 121 Å². The Morgan fingerprint density at radius 3 is 3.00 bits per heavy atom. The largest absolute Gasteiger partial charge is 0.464 e. The third-order valence-electron chi connectivity index (χ3n) is 3.44. The minimum Gasteiger partial charge on any atom is -0.464 e. The monoisotopic (exact) mass is 289 g/mol. The highest BCUT2D eigenvalue weighted by Gasteiger charge is 2.36. The number of hydrogen-bond donors (Lipinski definition) is 0. The lowest BCUT2D eigenvalue weighted by Crippen LogP contribution is -2.37. The molecular formula is C14H15N3O4. The van der Waals surface area contributed by atoms with Crippen molar-refractivity contribution in [1.29, 1.82) is 5.26 Å². The first-order chi connectivity index (χ1) is 10.1. The molecule has 0 aliphatic carbocycles. The van der Waals surface area contributed by atoms with Crippen LogP contribution >= 0.6 is 0 Å². The minimum absolute atomic E-state index is 0.00740. The molecule has 1 aromatic rings. The molecule has 1 saturated heterocycles. The van der Waals surface area contributed by atoms with Crippen LogP contribution in [0.25, 0.3) is 0 Å². The molecule has 0 radical (unpaired) electrons. The van der Waals surface area contributed by atoms with Crippen LogP contribution in [0.15, 0.2) is 18.2 Å². The number of nitro groups is 1. The Kier molecular flexibility index (Phi) is 4.38. The summed E-state index contributed by atoms with van der Waals surface area (Å²) >= 11 is 0. The van der Waals surface area contributed by atoms with Gasteiger partial charge in [-0.15, -0.1) is 0 Å². The molecule has 1 fully saturated rings. The molecule has 110 valence electrons. The number of anilines is 1. The summed E-state index contributed by atoms with van der Waals surface area (Å²) in [5.41, 5.74) is 0.0396.